The second kappa shape index (κ2) is 2.96. The molecular weight excluding hydrogens is 162 g/mol. The standard InChI is InChI=1S/C11H24NO/c1-10(2,3)7-12(8-13-9-12)11(4,5)6/h7-9H2,1-6H3/q+1. The lowest BCUT2D eigenvalue weighted by Crippen LogP contribution is -2.70. The Labute approximate surface area is 82.5 Å². The predicted molar refractivity (Wildman–Crippen MR) is 55.2 cm³/mol. The van der Waals surface area contributed by atoms with Crippen molar-refractivity contribution in [3.63, 3.8) is 0 Å². The van der Waals surface area contributed by atoms with Gasteiger partial charge in [-0.05, 0) is 20.8 Å². The zero-order valence-electron chi connectivity index (χ0n) is 9.98. The molecule has 2 nitrogen and oxygen atoms in total. The van der Waals surface area contributed by atoms with Gasteiger partial charge in [0.15, 0.2) is 13.5 Å². The molecule has 0 aromatic heterocycles. The smallest absolute Gasteiger partial charge is 0.191 e. The number of hydrogen-bond donors (Lipinski definition) is 0. The summed E-state index contributed by atoms with van der Waals surface area (Å²) in [5.74, 6) is 0. The molecule has 0 N–H and O–H groups in total. The first-order valence-corrected chi connectivity index (χ1v) is 5.10. The van der Waals surface area contributed by atoms with Crippen molar-refractivity contribution in [3.8, 4) is 0 Å². The summed E-state index contributed by atoms with van der Waals surface area (Å²) < 4.78 is 6.49. The van der Waals surface area contributed by atoms with Gasteiger partial charge in [0.25, 0.3) is 0 Å². The highest BCUT2D eigenvalue weighted by Crippen LogP contribution is 2.35. The molecule has 78 valence electrons. The van der Waals surface area contributed by atoms with Gasteiger partial charge < -0.3 is 0 Å². The van der Waals surface area contributed by atoms with Crippen LogP contribution in [0.25, 0.3) is 0 Å². The fourth-order valence-corrected chi connectivity index (χ4v) is 1.94. The molecule has 0 atom stereocenters. The van der Waals surface area contributed by atoms with E-state index in [-0.39, 0.29) is 0 Å². The summed E-state index contributed by atoms with van der Waals surface area (Å²) in [6.45, 7) is 16.8. The van der Waals surface area contributed by atoms with Crippen molar-refractivity contribution >= 4 is 0 Å². The number of nitrogens with zero attached hydrogens (tertiary/aromatic N) is 1. The van der Waals surface area contributed by atoms with Gasteiger partial charge in [-0.1, -0.05) is 20.8 Å². The van der Waals surface area contributed by atoms with Crippen molar-refractivity contribution in [2.24, 2.45) is 5.41 Å². The van der Waals surface area contributed by atoms with E-state index in [1.165, 1.54) is 6.54 Å². The molecule has 0 amide bonds. The van der Waals surface area contributed by atoms with Crippen LogP contribution in [0.15, 0.2) is 0 Å². The van der Waals surface area contributed by atoms with E-state index in [4.69, 9.17) is 4.74 Å². The van der Waals surface area contributed by atoms with Crippen molar-refractivity contribution in [1.82, 2.24) is 0 Å². The van der Waals surface area contributed by atoms with Gasteiger partial charge in [-0.2, -0.15) is 0 Å². The van der Waals surface area contributed by atoms with E-state index < -0.39 is 0 Å². The Morgan fingerprint density at radius 2 is 1.46 bits per heavy atom. The molecule has 1 heterocycles. The molecule has 0 bridgehead atoms. The van der Waals surface area contributed by atoms with Crippen molar-refractivity contribution in [2.75, 3.05) is 20.0 Å². The first-order chi connectivity index (χ1) is 5.66. The molecule has 0 unspecified atom stereocenters. The molecule has 1 aliphatic heterocycles. The molecule has 0 radical (unpaired) electrons. The molecule has 1 saturated heterocycles. The Bertz CT molecular complexity index is 181. The quantitative estimate of drug-likeness (QED) is 0.572. The summed E-state index contributed by atoms with van der Waals surface area (Å²) in [5, 5.41) is 0. The molecule has 1 aliphatic rings. The van der Waals surface area contributed by atoms with Gasteiger partial charge in [-0.25, -0.2) is 0 Å². The Hall–Kier alpha value is -0.0800. The van der Waals surface area contributed by atoms with E-state index in [0.29, 0.717) is 11.0 Å². The summed E-state index contributed by atoms with van der Waals surface area (Å²) in [6, 6.07) is 0. The minimum atomic E-state index is 0.311. The third-order valence-corrected chi connectivity index (χ3v) is 2.88. The minimum Gasteiger partial charge on any atom is -0.281 e. The van der Waals surface area contributed by atoms with Crippen molar-refractivity contribution in [1.29, 1.82) is 0 Å². The fourth-order valence-electron chi connectivity index (χ4n) is 1.94. The highest BCUT2D eigenvalue weighted by Gasteiger charge is 2.48. The van der Waals surface area contributed by atoms with E-state index in [2.05, 4.69) is 41.5 Å². The molecular formula is C11H24NO+. The van der Waals surface area contributed by atoms with E-state index in [1.54, 1.807) is 0 Å². The number of hydrogen-bond acceptors (Lipinski definition) is 1. The summed E-state index contributed by atoms with van der Waals surface area (Å²) in [7, 11) is 0. The molecule has 0 aliphatic carbocycles. The third kappa shape index (κ3) is 2.23. The summed E-state index contributed by atoms with van der Waals surface area (Å²) in [5.41, 5.74) is 0.697. The van der Waals surface area contributed by atoms with E-state index in [0.717, 1.165) is 17.9 Å². The summed E-state index contributed by atoms with van der Waals surface area (Å²) in [4.78, 5) is 0. The maximum Gasteiger partial charge on any atom is 0.191 e. The van der Waals surface area contributed by atoms with Gasteiger partial charge in [0.05, 0.1) is 12.1 Å². The lowest BCUT2D eigenvalue weighted by Gasteiger charge is -2.55. The van der Waals surface area contributed by atoms with Crippen LogP contribution >= 0.6 is 0 Å². The highest BCUT2D eigenvalue weighted by molar-refractivity contribution is 4.69. The summed E-state index contributed by atoms with van der Waals surface area (Å²) in [6.07, 6.45) is 0. The van der Waals surface area contributed by atoms with Crippen LogP contribution in [0.5, 0.6) is 0 Å². The molecule has 0 spiro atoms. The lowest BCUT2D eigenvalue weighted by molar-refractivity contribution is -1.06. The van der Waals surface area contributed by atoms with Gasteiger partial charge in [0, 0.05) is 5.41 Å². The second-order valence-corrected chi connectivity index (χ2v) is 6.50. The van der Waals surface area contributed by atoms with Gasteiger partial charge in [0.1, 0.15) is 0 Å². The number of quaternary nitrogens is 1. The van der Waals surface area contributed by atoms with E-state index in [9.17, 15) is 0 Å². The Morgan fingerprint density at radius 3 is 1.54 bits per heavy atom. The Kier molecular flexibility index (Phi) is 2.50. The van der Waals surface area contributed by atoms with Crippen LogP contribution in [0, 0.1) is 5.41 Å². The topological polar surface area (TPSA) is 9.23 Å². The van der Waals surface area contributed by atoms with Crippen LogP contribution in [0.4, 0.5) is 0 Å². The molecule has 13 heavy (non-hydrogen) atoms. The number of ether oxygens (including phenoxy) is 1. The maximum absolute atomic E-state index is 5.38. The van der Waals surface area contributed by atoms with Crippen LogP contribution in [0.1, 0.15) is 41.5 Å². The van der Waals surface area contributed by atoms with Crippen LogP contribution < -0.4 is 0 Å². The van der Waals surface area contributed by atoms with Crippen LogP contribution in [0.2, 0.25) is 0 Å². The van der Waals surface area contributed by atoms with Crippen LogP contribution in [0.3, 0.4) is 0 Å². The molecule has 1 rings (SSSR count). The molecule has 1 fully saturated rings. The molecule has 0 aromatic carbocycles. The normalized spacial score (nSPS) is 22.6. The van der Waals surface area contributed by atoms with E-state index >= 15 is 0 Å². The average molecular weight is 186 g/mol. The molecule has 0 saturated carbocycles. The Balaban J connectivity index is 2.72. The lowest BCUT2D eigenvalue weighted by atomic mass is 9.90. The van der Waals surface area contributed by atoms with Gasteiger partial charge in [-0.15, -0.1) is 0 Å². The average Bonchev–Trinajstić information content (AvgIpc) is 1.73. The zero-order chi connectivity index (χ0) is 10.3. The van der Waals surface area contributed by atoms with Gasteiger partial charge in [-0.3, -0.25) is 9.22 Å². The fraction of sp³-hybridized carbons (Fsp3) is 1.00. The molecule has 2 heteroatoms. The van der Waals surface area contributed by atoms with Crippen molar-refractivity contribution in [3.05, 3.63) is 0 Å². The minimum absolute atomic E-state index is 0.311. The van der Waals surface area contributed by atoms with Gasteiger partial charge in [0.2, 0.25) is 0 Å². The van der Waals surface area contributed by atoms with Crippen LogP contribution in [-0.2, 0) is 4.74 Å². The van der Waals surface area contributed by atoms with Gasteiger partial charge >= 0.3 is 0 Å². The Morgan fingerprint density at radius 1 is 1.00 bits per heavy atom. The number of rotatable bonds is 1. The van der Waals surface area contributed by atoms with E-state index in [1.807, 2.05) is 0 Å². The monoisotopic (exact) mass is 186 g/mol. The SMILES string of the molecule is CC(C)(C)C[N+]1(C(C)(C)C)COC1. The largest absolute Gasteiger partial charge is 0.281 e. The maximum atomic E-state index is 5.38. The van der Waals surface area contributed by atoms with Crippen molar-refractivity contribution in [2.45, 2.75) is 47.1 Å². The summed E-state index contributed by atoms with van der Waals surface area (Å²) >= 11 is 0. The first kappa shape index (κ1) is 11.0. The second-order valence-electron chi connectivity index (χ2n) is 6.50. The third-order valence-electron chi connectivity index (χ3n) is 2.88. The van der Waals surface area contributed by atoms with Crippen LogP contribution in [-0.4, -0.2) is 30.0 Å². The predicted octanol–water partition coefficient (Wildman–Crippen LogP) is 2.59. The first-order valence-electron chi connectivity index (χ1n) is 5.10. The van der Waals surface area contributed by atoms with Crippen molar-refractivity contribution < 1.29 is 9.22 Å². The highest BCUT2D eigenvalue weighted by atomic mass is 16.6. The zero-order valence-corrected chi connectivity index (χ0v) is 9.98. The molecule has 0 aromatic rings.